The van der Waals surface area contributed by atoms with Crippen LogP contribution in [0.25, 0.3) is 0 Å². The highest BCUT2D eigenvalue weighted by molar-refractivity contribution is 5.31. The van der Waals surface area contributed by atoms with Crippen LogP contribution in [-0.4, -0.2) is 27.8 Å². The van der Waals surface area contributed by atoms with Crippen molar-refractivity contribution >= 4 is 0 Å². The Morgan fingerprint density at radius 3 is 2.65 bits per heavy atom. The number of rotatable bonds is 3. The largest absolute Gasteiger partial charge is 0.474 e. The minimum atomic E-state index is 0.264. The van der Waals surface area contributed by atoms with Gasteiger partial charge in [-0.3, -0.25) is 0 Å². The fourth-order valence-electron chi connectivity index (χ4n) is 3.36. The first-order valence-electron chi connectivity index (χ1n) is 7.97. The predicted octanol–water partition coefficient (Wildman–Crippen LogP) is 2.68. The number of aromatic nitrogens is 2. The van der Waals surface area contributed by atoms with Gasteiger partial charge in [-0.05, 0) is 57.3 Å². The molecule has 1 saturated carbocycles. The molecule has 1 aromatic heterocycles. The third-order valence-corrected chi connectivity index (χ3v) is 4.67. The molecule has 0 aromatic carbocycles. The number of aliphatic hydroxyl groups excluding tert-OH is 1. The quantitative estimate of drug-likeness (QED) is 0.862. The summed E-state index contributed by atoms with van der Waals surface area (Å²) < 4.78 is 6.17. The van der Waals surface area contributed by atoms with Crippen LogP contribution in [0.15, 0.2) is 6.33 Å². The topological polar surface area (TPSA) is 55.2 Å². The molecular weight excluding hydrogens is 252 g/mol. The zero-order chi connectivity index (χ0) is 13.8. The highest BCUT2D eigenvalue weighted by Gasteiger charge is 2.24. The standard InChI is InChI=1S/C16H24N2O2/c19-10-12-6-8-13(9-7-12)20-16-14-4-2-1-3-5-15(14)17-11-18-16/h11-13,19H,1-10H2. The van der Waals surface area contributed by atoms with Crippen molar-refractivity contribution in [3.8, 4) is 5.88 Å². The lowest BCUT2D eigenvalue weighted by molar-refractivity contribution is 0.0994. The fourth-order valence-corrected chi connectivity index (χ4v) is 3.36. The van der Waals surface area contributed by atoms with Gasteiger partial charge in [0, 0.05) is 12.2 Å². The van der Waals surface area contributed by atoms with Crippen LogP contribution in [0.2, 0.25) is 0 Å². The second kappa shape index (κ2) is 6.53. The second-order valence-corrected chi connectivity index (χ2v) is 6.11. The van der Waals surface area contributed by atoms with Crippen molar-refractivity contribution in [2.45, 2.75) is 63.9 Å². The van der Waals surface area contributed by atoms with E-state index in [0.717, 1.165) is 44.4 Å². The number of hydrogen-bond acceptors (Lipinski definition) is 4. The van der Waals surface area contributed by atoms with Crippen molar-refractivity contribution in [1.29, 1.82) is 0 Å². The number of aryl methyl sites for hydroxylation is 1. The maximum atomic E-state index is 9.19. The molecule has 2 aliphatic rings. The van der Waals surface area contributed by atoms with Crippen LogP contribution in [0.5, 0.6) is 5.88 Å². The molecule has 4 heteroatoms. The van der Waals surface area contributed by atoms with Crippen LogP contribution < -0.4 is 4.74 Å². The Morgan fingerprint density at radius 2 is 1.85 bits per heavy atom. The molecular formula is C16H24N2O2. The number of hydrogen-bond donors (Lipinski definition) is 1. The second-order valence-electron chi connectivity index (χ2n) is 6.11. The van der Waals surface area contributed by atoms with Gasteiger partial charge in [0.2, 0.25) is 5.88 Å². The first kappa shape index (κ1) is 13.8. The minimum absolute atomic E-state index is 0.264. The van der Waals surface area contributed by atoms with Crippen molar-refractivity contribution in [2.75, 3.05) is 6.61 Å². The van der Waals surface area contributed by atoms with Gasteiger partial charge in [-0.15, -0.1) is 0 Å². The smallest absolute Gasteiger partial charge is 0.220 e. The van der Waals surface area contributed by atoms with Gasteiger partial charge in [0.1, 0.15) is 12.4 Å². The van der Waals surface area contributed by atoms with Crippen LogP contribution in [0.4, 0.5) is 0 Å². The summed E-state index contributed by atoms with van der Waals surface area (Å²) in [4.78, 5) is 8.82. The molecule has 0 bridgehead atoms. The minimum Gasteiger partial charge on any atom is -0.474 e. The van der Waals surface area contributed by atoms with Gasteiger partial charge >= 0.3 is 0 Å². The summed E-state index contributed by atoms with van der Waals surface area (Å²) in [6, 6.07) is 0. The Hall–Kier alpha value is -1.16. The molecule has 0 spiro atoms. The summed E-state index contributed by atoms with van der Waals surface area (Å²) in [7, 11) is 0. The Bertz CT molecular complexity index is 442. The summed E-state index contributed by atoms with van der Waals surface area (Å²) in [6.45, 7) is 0.315. The Kier molecular flexibility index (Phi) is 4.51. The molecule has 1 aromatic rings. The SMILES string of the molecule is OCC1CCC(Oc2ncnc3c2CCCCC3)CC1. The zero-order valence-electron chi connectivity index (χ0n) is 12.1. The van der Waals surface area contributed by atoms with Crippen LogP contribution in [-0.2, 0) is 12.8 Å². The first-order valence-corrected chi connectivity index (χ1v) is 7.97. The van der Waals surface area contributed by atoms with E-state index in [-0.39, 0.29) is 6.10 Å². The van der Waals surface area contributed by atoms with Gasteiger partial charge < -0.3 is 9.84 Å². The zero-order valence-corrected chi connectivity index (χ0v) is 12.1. The lowest BCUT2D eigenvalue weighted by Crippen LogP contribution is -2.26. The van der Waals surface area contributed by atoms with E-state index in [1.165, 1.54) is 30.5 Å². The van der Waals surface area contributed by atoms with Crippen LogP contribution in [0.1, 0.15) is 56.2 Å². The van der Waals surface area contributed by atoms with E-state index in [1.807, 2.05) is 0 Å². The fraction of sp³-hybridized carbons (Fsp3) is 0.750. The average molecular weight is 276 g/mol. The van der Waals surface area contributed by atoms with E-state index in [4.69, 9.17) is 4.74 Å². The van der Waals surface area contributed by atoms with E-state index in [9.17, 15) is 5.11 Å². The molecule has 110 valence electrons. The summed E-state index contributed by atoms with van der Waals surface area (Å²) in [6.07, 6.45) is 11.9. The Balaban J connectivity index is 1.68. The monoisotopic (exact) mass is 276 g/mol. The molecule has 0 amide bonds. The molecule has 0 unspecified atom stereocenters. The average Bonchev–Trinajstić information content (AvgIpc) is 2.74. The van der Waals surface area contributed by atoms with Crippen molar-refractivity contribution in [1.82, 2.24) is 9.97 Å². The summed E-state index contributed by atoms with van der Waals surface area (Å²) in [5, 5.41) is 9.19. The molecule has 0 radical (unpaired) electrons. The molecule has 20 heavy (non-hydrogen) atoms. The van der Waals surface area contributed by atoms with Gasteiger partial charge in [0.25, 0.3) is 0 Å². The Morgan fingerprint density at radius 1 is 1.05 bits per heavy atom. The van der Waals surface area contributed by atoms with Crippen molar-refractivity contribution < 1.29 is 9.84 Å². The maximum Gasteiger partial charge on any atom is 0.220 e. The molecule has 2 aliphatic carbocycles. The number of nitrogens with zero attached hydrogens (tertiary/aromatic N) is 2. The number of aliphatic hydroxyl groups is 1. The van der Waals surface area contributed by atoms with Crippen molar-refractivity contribution in [3.05, 3.63) is 17.6 Å². The van der Waals surface area contributed by atoms with Crippen molar-refractivity contribution in [2.24, 2.45) is 5.92 Å². The predicted molar refractivity (Wildman–Crippen MR) is 76.8 cm³/mol. The molecule has 1 fully saturated rings. The van der Waals surface area contributed by atoms with E-state index < -0.39 is 0 Å². The highest BCUT2D eigenvalue weighted by Crippen LogP contribution is 2.30. The van der Waals surface area contributed by atoms with Crippen LogP contribution in [0, 0.1) is 5.92 Å². The summed E-state index contributed by atoms with van der Waals surface area (Å²) in [5.74, 6) is 1.29. The molecule has 1 heterocycles. The summed E-state index contributed by atoms with van der Waals surface area (Å²) in [5.41, 5.74) is 2.44. The van der Waals surface area contributed by atoms with Crippen molar-refractivity contribution in [3.63, 3.8) is 0 Å². The van der Waals surface area contributed by atoms with E-state index in [0.29, 0.717) is 12.5 Å². The third kappa shape index (κ3) is 3.11. The van der Waals surface area contributed by atoms with E-state index in [2.05, 4.69) is 9.97 Å². The van der Waals surface area contributed by atoms with E-state index >= 15 is 0 Å². The van der Waals surface area contributed by atoms with Gasteiger partial charge in [0.05, 0.1) is 5.69 Å². The van der Waals surface area contributed by atoms with Crippen LogP contribution in [0.3, 0.4) is 0 Å². The molecule has 0 aliphatic heterocycles. The normalized spacial score (nSPS) is 26.6. The molecule has 1 N–H and O–H groups in total. The van der Waals surface area contributed by atoms with Gasteiger partial charge in [-0.1, -0.05) is 6.42 Å². The number of ether oxygens (including phenoxy) is 1. The van der Waals surface area contributed by atoms with Gasteiger partial charge in [0.15, 0.2) is 0 Å². The number of fused-ring (bicyclic) bond motifs is 1. The maximum absolute atomic E-state index is 9.19. The highest BCUT2D eigenvalue weighted by atomic mass is 16.5. The molecule has 0 saturated heterocycles. The van der Waals surface area contributed by atoms with E-state index in [1.54, 1.807) is 6.33 Å². The molecule has 4 nitrogen and oxygen atoms in total. The van der Waals surface area contributed by atoms with Gasteiger partial charge in [-0.2, -0.15) is 0 Å². The van der Waals surface area contributed by atoms with Crippen LogP contribution >= 0.6 is 0 Å². The first-order chi connectivity index (χ1) is 9.86. The lowest BCUT2D eigenvalue weighted by atomic mass is 9.88. The summed E-state index contributed by atoms with van der Waals surface area (Å²) >= 11 is 0. The van der Waals surface area contributed by atoms with Gasteiger partial charge in [-0.25, -0.2) is 9.97 Å². The third-order valence-electron chi connectivity index (χ3n) is 4.67. The molecule has 0 atom stereocenters. The molecule has 3 rings (SSSR count). The lowest BCUT2D eigenvalue weighted by Gasteiger charge is -2.28. The Labute approximate surface area is 120 Å².